The Morgan fingerprint density at radius 3 is 2.00 bits per heavy atom. The first-order valence-corrected chi connectivity index (χ1v) is 12.1. The molecule has 0 saturated heterocycles. The van der Waals surface area contributed by atoms with Crippen LogP contribution in [-0.2, 0) is 4.79 Å². The molecule has 0 aliphatic carbocycles. The third-order valence-corrected chi connectivity index (χ3v) is 17.8. The Balaban J connectivity index is 4.51. The monoisotopic (exact) mass is 260 g/mol. The van der Waals surface area contributed by atoms with Crippen LogP contribution < -0.4 is 0 Å². The molecule has 0 spiro atoms. The molecule has 0 aromatic carbocycles. The summed E-state index contributed by atoms with van der Waals surface area (Å²) in [5, 5.41) is 0. The Kier molecular flexibility index (Phi) is 4.90. The summed E-state index contributed by atoms with van der Waals surface area (Å²) in [4.78, 5) is 11.4. The van der Waals surface area contributed by atoms with Crippen molar-refractivity contribution in [2.75, 3.05) is 0 Å². The molecule has 0 saturated carbocycles. The van der Waals surface area contributed by atoms with Gasteiger partial charge in [0.25, 0.3) is 0 Å². The maximum absolute atomic E-state index is 11.4. The van der Waals surface area contributed by atoms with Crippen LogP contribution in [0.2, 0.25) is 20.5 Å². The molecule has 2 heteroatoms. The van der Waals surface area contributed by atoms with Crippen molar-refractivity contribution in [2.24, 2.45) is 0 Å². The average molecular weight is 259 g/mol. The number of hydrogen-bond acceptors (Lipinski definition) is 1. The number of carbonyl (C=O) groups is 1. The van der Waals surface area contributed by atoms with Gasteiger partial charge in [-0.05, 0) is 0 Å². The predicted octanol–water partition coefficient (Wildman–Crippen LogP) is 4.25. The molecule has 0 heterocycles. The van der Waals surface area contributed by atoms with Gasteiger partial charge in [0.05, 0.1) is 0 Å². The molecule has 14 heavy (non-hydrogen) atoms. The molecule has 1 atom stereocenters. The van der Waals surface area contributed by atoms with Crippen LogP contribution in [0.5, 0.6) is 0 Å². The number of Topliss-reactive ketones (excluding diaryl/α,β-unsaturated/α-hetero) is 1. The first kappa shape index (κ1) is 14.2. The van der Waals surface area contributed by atoms with Gasteiger partial charge < -0.3 is 0 Å². The minimum absolute atomic E-state index is 0.431. The maximum atomic E-state index is 11.4. The van der Waals surface area contributed by atoms with E-state index in [0.717, 1.165) is 6.42 Å². The molecule has 0 amide bonds. The first-order chi connectivity index (χ1) is 6.13. The number of hydrogen-bond donors (Lipinski definition) is 0. The molecule has 0 N–H and O–H groups in total. The zero-order valence-corrected chi connectivity index (χ0v) is 13.0. The van der Waals surface area contributed by atoms with Crippen LogP contribution in [0.4, 0.5) is 0 Å². The molecular weight excluding hydrogens is 233 g/mol. The van der Waals surface area contributed by atoms with E-state index in [2.05, 4.69) is 39.2 Å². The van der Waals surface area contributed by atoms with Gasteiger partial charge in [-0.1, -0.05) is 0 Å². The van der Waals surface area contributed by atoms with E-state index in [-0.39, 0.29) is 0 Å². The summed E-state index contributed by atoms with van der Waals surface area (Å²) in [6, 6.07) is 0. The normalized spacial score (nSPS) is 15.4. The summed E-state index contributed by atoms with van der Waals surface area (Å²) >= 11 is -1.84. The van der Waals surface area contributed by atoms with Crippen molar-refractivity contribution in [2.45, 2.75) is 68.0 Å². The molecule has 0 bridgehead atoms. The predicted molar refractivity (Wildman–Crippen MR) is 66.5 cm³/mol. The quantitative estimate of drug-likeness (QED) is 0.689. The van der Waals surface area contributed by atoms with Crippen LogP contribution in [-0.4, -0.2) is 19.0 Å². The zero-order valence-electron chi connectivity index (χ0n) is 10.9. The Hall–Kier alpha value is 0.213. The van der Waals surface area contributed by atoms with Crippen LogP contribution in [0.25, 0.3) is 0 Å². The molecule has 0 aliphatic heterocycles. The topological polar surface area (TPSA) is 17.1 Å². The van der Waals surface area contributed by atoms with Crippen LogP contribution in [0.15, 0.2) is 0 Å². The summed E-state index contributed by atoms with van der Waals surface area (Å²) in [6.07, 6.45) is 1.51. The van der Waals surface area contributed by atoms with Crippen molar-refractivity contribution in [3.05, 3.63) is 0 Å². The van der Waals surface area contributed by atoms with Crippen molar-refractivity contribution in [1.29, 1.82) is 0 Å². The molecule has 1 unspecified atom stereocenters. The van der Waals surface area contributed by atoms with Crippen molar-refractivity contribution < 1.29 is 4.79 Å². The van der Waals surface area contributed by atoms with Gasteiger partial charge in [-0.15, -0.1) is 0 Å². The van der Waals surface area contributed by atoms with Crippen LogP contribution in [0.1, 0.15) is 47.5 Å². The Morgan fingerprint density at radius 1 is 1.29 bits per heavy atom. The molecule has 1 nitrogen and oxygen atoms in total. The Morgan fingerprint density at radius 2 is 1.71 bits per heavy atom. The molecule has 0 aliphatic rings. The van der Waals surface area contributed by atoms with Crippen molar-refractivity contribution >= 4 is 19.0 Å². The van der Waals surface area contributed by atoms with Crippen molar-refractivity contribution in [3.8, 4) is 0 Å². The molecule has 84 valence electrons. The molecule has 0 aromatic heterocycles. The zero-order chi connectivity index (χ0) is 11.6. The van der Waals surface area contributed by atoms with Gasteiger partial charge in [-0.2, -0.15) is 0 Å². The van der Waals surface area contributed by atoms with Gasteiger partial charge in [0.1, 0.15) is 0 Å². The number of rotatable bonds is 4. The molecule has 0 aromatic rings. The summed E-state index contributed by atoms with van der Waals surface area (Å²) in [7, 11) is 0. The Bertz CT molecular complexity index is 201. The van der Waals surface area contributed by atoms with E-state index in [0.29, 0.717) is 21.2 Å². The summed E-state index contributed by atoms with van der Waals surface area (Å²) in [5.74, 6) is 5.33. The number of carbonyl (C=O) groups excluding carboxylic acids is 1. The minimum atomic E-state index is -1.84. The van der Waals surface area contributed by atoms with Gasteiger partial charge in [-0.3, -0.25) is 0 Å². The third kappa shape index (κ3) is 3.41. The van der Waals surface area contributed by atoms with E-state index >= 15 is 0 Å². The van der Waals surface area contributed by atoms with E-state index in [1.165, 1.54) is 0 Å². The van der Waals surface area contributed by atoms with Gasteiger partial charge in [0, 0.05) is 0 Å². The van der Waals surface area contributed by atoms with E-state index < -0.39 is 13.3 Å². The fraction of sp³-hybridized carbons (Fsp3) is 0.917. The molecule has 0 radical (unpaired) electrons. The second kappa shape index (κ2) is 4.82. The summed E-state index contributed by atoms with van der Waals surface area (Å²) < 4.78 is 1.08. The second-order valence-corrected chi connectivity index (χ2v) is 18.4. The van der Waals surface area contributed by atoms with E-state index in [1.807, 2.05) is 6.92 Å². The fourth-order valence-corrected chi connectivity index (χ4v) is 6.13. The SMILES string of the molecule is CCC(=O)C[CH](C)[Ge]([CH3])([CH3])[C](C)(C)C. The van der Waals surface area contributed by atoms with Gasteiger partial charge in [0.15, 0.2) is 0 Å². The first-order valence-electron chi connectivity index (χ1n) is 5.64. The van der Waals surface area contributed by atoms with Gasteiger partial charge >= 0.3 is 91.8 Å². The van der Waals surface area contributed by atoms with E-state index in [9.17, 15) is 4.79 Å². The van der Waals surface area contributed by atoms with Crippen LogP contribution in [0, 0.1) is 0 Å². The van der Waals surface area contributed by atoms with Gasteiger partial charge in [-0.25, -0.2) is 0 Å². The van der Waals surface area contributed by atoms with Crippen LogP contribution in [0.3, 0.4) is 0 Å². The average Bonchev–Trinajstić information content (AvgIpc) is 2.01. The summed E-state index contributed by atoms with van der Waals surface area (Å²) in [6.45, 7) is 11.2. The van der Waals surface area contributed by atoms with Crippen molar-refractivity contribution in [3.63, 3.8) is 0 Å². The van der Waals surface area contributed by atoms with Crippen LogP contribution >= 0.6 is 0 Å². The van der Waals surface area contributed by atoms with Gasteiger partial charge in [0.2, 0.25) is 0 Å². The summed E-state index contributed by atoms with van der Waals surface area (Å²) in [5.41, 5.74) is 0. The Labute approximate surface area is 92.0 Å². The molecule has 0 fully saturated rings. The van der Waals surface area contributed by atoms with Crippen molar-refractivity contribution in [1.82, 2.24) is 0 Å². The number of ketones is 1. The van der Waals surface area contributed by atoms with E-state index in [4.69, 9.17) is 0 Å². The molecule has 0 rings (SSSR count). The standard InChI is InChI=1S/C12H26GeO/c1-8-11(14)9-10(2)13(6,7)12(3,4)5/h10H,8-9H2,1-7H3. The van der Waals surface area contributed by atoms with E-state index in [1.54, 1.807) is 0 Å². The second-order valence-electron chi connectivity index (χ2n) is 5.97. The fourth-order valence-electron chi connectivity index (χ4n) is 1.48. The molecular formula is C12H26GeO. The third-order valence-electron chi connectivity index (χ3n) is 4.09.